The van der Waals surface area contributed by atoms with E-state index in [4.69, 9.17) is 4.98 Å². The molecule has 0 atom stereocenters. The average molecular weight is 553 g/mol. The van der Waals surface area contributed by atoms with Crippen molar-refractivity contribution < 1.29 is 4.79 Å². The van der Waals surface area contributed by atoms with E-state index in [-0.39, 0.29) is 5.91 Å². The molecule has 41 heavy (non-hydrogen) atoms. The molecule has 7 heteroatoms. The Hall–Kier alpha value is -3.97. The zero-order valence-electron chi connectivity index (χ0n) is 25.4. The third-order valence-electron chi connectivity index (χ3n) is 7.88. The van der Waals surface area contributed by atoms with Crippen LogP contribution >= 0.6 is 0 Å². The molecule has 1 amide bonds. The Bertz CT molecular complexity index is 1420. The molecule has 0 aliphatic carbocycles. The van der Waals surface area contributed by atoms with Gasteiger partial charge < -0.3 is 20.4 Å². The van der Waals surface area contributed by atoms with Gasteiger partial charge in [0.05, 0.1) is 17.1 Å². The highest BCUT2D eigenvalue weighted by Crippen LogP contribution is 2.37. The number of hydrogen-bond acceptors (Lipinski definition) is 6. The molecular weight excluding hydrogens is 508 g/mol. The molecule has 2 N–H and O–H groups in total. The fourth-order valence-electron chi connectivity index (χ4n) is 5.25. The highest BCUT2D eigenvalue weighted by molar-refractivity contribution is 6.02. The van der Waals surface area contributed by atoms with Crippen molar-refractivity contribution in [3.8, 4) is 0 Å². The molecule has 2 heterocycles. The second-order valence-corrected chi connectivity index (χ2v) is 11.1. The highest BCUT2D eigenvalue weighted by Gasteiger charge is 2.30. The molecule has 1 fully saturated rings. The summed E-state index contributed by atoms with van der Waals surface area (Å²) in [6.07, 6.45) is 7.23. The Labute approximate surface area is 245 Å². The minimum atomic E-state index is -0.236. The maximum absolute atomic E-state index is 12.4. The number of amides is 1. The van der Waals surface area contributed by atoms with Crippen LogP contribution in [-0.2, 0) is 11.2 Å². The maximum atomic E-state index is 12.4. The normalized spacial score (nSPS) is 14.0. The minimum Gasteiger partial charge on any atom is -0.367 e. The number of nitrogens with zero attached hydrogens (tertiary/aromatic N) is 4. The highest BCUT2D eigenvalue weighted by atomic mass is 16.1. The number of anilines is 4. The second-order valence-electron chi connectivity index (χ2n) is 11.1. The number of likely N-dealkylation sites (N-methyl/N-ethyl adjacent to an activating group) is 1. The summed E-state index contributed by atoms with van der Waals surface area (Å²) in [6, 6.07) is 15.1. The molecule has 1 aliphatic rings. The van der Waals surface area contributed by atoms with Gasteiger partial charge in [-0.05, 0) is 88.2 Å². The Morgan fingerprint density at radius 3 is 2.56 bits per heavy atom. The first-order chi connectivity index (χ1) is 19.7. The van der Waals surface area contributed by atoms with Gasteiger partial charge in [0.1, 0.15) is 0 Å². The van der Waals surface area contributed by atoms with E-state index in [9.17, 15) is 4.79 Å². The van der Waals surface area contributed by atoms with E-state index < -0.39 is 0 Å². The summed E-state index contributed by atoms with van der Waals surface area (Å²) in [4.78, 5) is 26.5. The van der Waals surface area contributed by atoms with Crippen molar-refractivity contribution in [3.63, 3.8) is 0 Å². The first kappa shape index (κ1) is 30.0. The first-order valence-electron chi connectivity index (χ1n) is 14.6. The molecule has 1 aliphatic heterocycles. The lowest BCUT2D eigenvalue weighted by Crippen LogP contribution is -2.57. The summed E-state index contributed by atoms with van der Waals surface area (Å²) in [5, 5.41) is 6.50. The van der Waals surface area contributed by atoms with Gasteiger partial charge in [-0.25, -0.2) is 9.97 Å². The monoisotopic (exact) mass is 552 g/mol. The van der Waals surface area contributed by atoms with Gasteiger partial charge in [0.2, 0.25) is 11.9 Å². The summed E-state index contributed by atoms with van der Waals surface area (Å²) in [6.45, 7) is 14.2. The van der Waals surface area contributed by atoms with Crippen LogP contribution in [0.25, 0.3) is 5.57 Å². The van der Waals surface area contributed by atoms with E-state index in [1.807, 2.05) is 18.3 Å². The Morgan fingerprint density at radius 1 is 1.15 bits per heavy atom. The van der Waals surface area contributed by atoms with Gasteiger partial charge in [0.15, 0.2) is 0 Å². The predicted molar refractivity (Wildman–Crippen MR) is 172 cm³/mol. The zero-order valence-corrected chi connectivity index (χ0v) is 25.4. The molecule has 2 aromatic carbocycles. The smallest absolute Gasteiger partial charge is 0.247 e. The number of benzene rings is 2. The fraction of sp³-hybridized carbons (Fsp3) is 0.382. The lowest BCUT2D eigenvalue weighted by atomic mass is 9.92. The SMILES string of the molecule is C=CC(=O)Nc1cc(Nc2nccc(/C(=C(/C)CCCC)c3ccccc3C)n2)c(CC)cc1N1CC(N(C)C)C1. The number of unbranched alkanes of at least 4 members (excludes halogenated alkanes) is 1. The van der Waals surface area contributed by atoms with E-state index >= 15 is 0 Å². The van der Waals surface area contributed by atoms with Crippen LogP contribution in [0.1, 0.15) is 62.4 Å². The van der Waals surface area contributed by atoms with Gasteiger partial charge in [-0.15, -0.1) is 0 Å². The number of rotatable bonds is 12. The molecule has 0 saturated carbocycles. The van der Waals surface area contributed by atoms with Gasteiger partial charge in [0.25, 0.3) is 0 Å². The van der Waals surface area contributed by atoms with Crippen LogP contribution in [0.5, 0.6) is 0 Å². The molecule has 7 nitrogen and oxygen atoms in total. The lowest BCUT2D eigenvalue weighted by molar-refractivity contribution is -0.111. The summed E-state index contributed by atoms with van der Waals surface area (Å²) in [5.41, 5.74) is 9.59. The minimum absolute atomic E-state index is 0.236. The molecule has 1 aromatic heterocycles. The van der Waals surface area contributed by atoms with Crippen LogP contribution in [0.4, 0.5) is 23.0 Å². The largest absolute Gasteiger partial charge is 0.367 e. The van der Waals surface area contributed by atoms with Crippen LogP contribution in [0.2, 0.25) is 0 Å². The van der Waals surface area contributed by atoms with Gasteiger partial charge in [0, 0.05) is 36.6 Å². The molecule has 216 valence electrons. The van der Waals surface area contributed by atoms with E-state index in [1.165, 1.54) is 28.3 Å². The van der Waals surface area contributed by atoms with Crippen LogP contribution in [-0.4, -0.2) is 54.0 Å². The quantitative estimate of drug-likeness (QED) is 0.236. The van der Waals surface area contributed by atoms with Crippen LogP contribution in [0.3, 0.4) is 0 Å². The first-order valence-corrected chi connectivity index (χ1v) is 14.6. The van der Waals surface area contributed by atoms with Crippen molar-refractivity contribution >= 4 is 34.5 Å². The van der Waals surface area contributed by atoms with Crippen LogP contribution in [0.15, 0.2) is 66.9 Å². The van der Waals surface area contributed by atoms with E-state index in [0.29, 0.717) is 12.0 Å². The Balaban J connectivity index is 1.72. The predicted octanol–water partition coefficient (Wildman–Crippen LogP) is 6.98. The third kappa shape index (κ3) is 7.03. The van der Waals surface area contributed by atoms with Crippen molar-refractivity contribution in [1.82, 2.24) is 14.9 Å². The lowest BCUT2D eigenvalue weighted by Gasteiger charge is -2.45. The molecule has 0 bridgehead atoms. The third-order valence-corrected chi connectivity index (χ3v) is 7.88. The zero-order chi connectivity index (χ0) is 29.5. The molecule has 0 radical (unpaired) electrons. The van der Waals surface area contributed by atoms with Crippen molar-refractivity contribution in [2.24, 2.45) is 0 Å². The maximum Gasteiger partial charge on any atom is 0.247 e. The molecule has 3 aromatic rings. The average Bonchev–Trinajstić information content (AvgIpc) is 2.93. The van der Waals surface area contributed by atoms with Gasteiger partial charge in [-0.3, -0.25) is 4.79 Å². The number of carbonyl (C=O) groups is 1. The van der Waals surface area contributed by atoms with Gasteiger partial charge in [-0.2, -0.15) is 0 Å². The Morgan fingerprint density at radius 2 is 1.90 bits per heavy atom. The summed E-state index contributed by atoms with van der Waals surface area (Å²) in [5.74, 6) is 0.289. The van der Waals surface area contributed by atoms with Crippen molar-refractivity contribution in [3.05, 3.63) is 89.3 Å². The number of aryl methyl sites for hydroxylation is 2. The van der Waals surface area contributed by atoms with Gasteiger partial charge in [-0.1, -0.05) is 56.7 Å². The molecule has 4 rings (SSSR count). The number of carbonyl (C=O) groups excluding carboxylic acids is 1. The van der Waals surface area contributed by atoms with E-state index in [1.54, 1.807) is 0 Å². The van der Waals surface area contributed by atoms with E-state index in [0.717, 1.165) is 67.1 Å². The fourth-order valence-corrected chi connectivity index (χ4v) is 5.25. The number of aromatic nitrogens is 2. The summed E-state index contributed by atoms with van der Waals surface area (Å²) in [7, 11) is 4.21. The standard InChI is InChI=1S/C34H44N6O/c1-8-11-14-24(5)33(27-16-13-12-15-23(27)4)28-17-18-35-34(37-28)38-29-20-30(36-32(41)10-3)31(19-25(29)9-2)40-21-26(22-40)39(6)7/h10,12-13,15-20,26H,3,8-9,11,14,21-22H2,1-2,4-7H3,(H,36,41)(H,35,37,38)/b33-24-. The van der Waals surface area contributed by atoms with Gasteiger partial charge >= 0.3 is 0 Å². The molecule has 0 spiro atoms. The number of nitrogens with one attached hydrogen (secondary N) is 2. The van der Waals surface area contributed by atoms with Crippen molar-refractivity contribution in [2.75, 3.05) is 42.7 Å². The summed E-state index contributed by atoms with van der Waals surface area (Å²) >= 11 is 0. The number of allylic oxidation sites excluding steroid dienone is 1. The van der Waals surface area contributed by atoms with Crippen LogP contribution in [0, 0.1) is 6.92 Å². The van der Waals surface area contributed by atoms with Crippen molar-refractivity contribution in [1.29, 1.82) is 0 Å². The molecule has 0 unspecified atom stereocenters. The second kappa shape index (κ2) is 13.6. The number of hydrogen-bond donors (Lipinski definition) is 2. The topological polar surface area (TPSA) is 73.4 Å². The van der Waals surface area contributed by atoms with Crippen molar-refractivity contribution in [2.45, 2.75) is 59.4 Å². The Kier molecular flexibility index (Phi) is 9.95. The van der Waals surface area contributed by atoms with Crippen LogP contribution < -0.4 is 15.5 Å². The molecular formula is C34H44N6O. The molecule has 1 saturated heterocycles. The summed E-state index contributed by atoms with van der Waals surface area (Å²) < 4.78 is 0. The van der Waals surface area contributed by atoms with E-state index in [2.05, 4.69) is 104 Å².